The van der Waals surface area contributed by atoms with Crippen molar-refractivity contribution in [1.29, 1.82) is 0 Å². The van der Waals surface area contributed by atoms with E-state index in [4.69, 9.17) is 17.0 Å². The SMILES string of the molecule is COc1ccccc1/C=C1/SC(=S)N(C)C1=O. The molecule has 17 heavy (non-hydrogen) atoms. The zero-order valence-corrected chi connectivity index (χ0v) is 11.1. The number of hydrogen-bond donors (Lipinski definition) is 0. The first-order chi connectivity index (χ1) is 8.13. The zero-order chi connectivity index (χ0) is 12.4. The van der Waals surface area contributed by atoms with Gasteiger partial charge in [0.2, 0.25) is 0 Å². The molecule has 5 heteroatoms. The molecule has 1 saturated heterocycles. The number of methoxy groups -OCH3 is 1. The van der Waals surface area contributed by atoms with E-state index in [0.29, 0.717) is 9.23 Å². The summed E-state index contributed by atoms with van der Waals surface area (Å²) < 4.78 is 5.81. The van der Waals surface area contributed by atoms with E-state index in [1.807, 2.05) is 30.3 Å². The largest absolute Gasteiger partial charge is 0.496 e. The Labute approximate surface area is 109 Å². The molecule has 0 bridgehead atoms. The number of carbonyl (C=O) groups is 1. The first-order valence-corrected chi connectivity index (χ1v) is 6.20. The maximum atomic E-state index is 11.8. The van der Waals surface area contributed by atoms with Gasteiger partial charge in [0.15, 0.2) is 0 Å². The van der Waals surface area contributed by atoms with Gasteiger partial charge in [-0.05, 0) is 12.1 Å². The van der Waals surface area contributed by atoms with Crippen LogP contribution in [-0.4, -0.2) is 29.3 Å². The summed E-state index contributed by atoms with van der Waals surface area (Å²) in [7, 11) is 3.29. The fourth-order valence-electron chi connectivity index (χ4n) is 1.47. The number of benzene rings is 1. The third kappa shape index (κ3) is 2.35. The fourth-order valence-corrected chi connectivity index (χ4v) is 2.64. The molecule has 0 saturated carbocycles. The van der Waals surface area contributed by atoms with Crippen LogP contribution in [0.4, 0.5) is 0 Å². The van der Waals surface area contributed by atoms with Gasteiger partial charge in [-0.25, -0.2) is 0 Å². The summed E-state index contributed by atoms with van der Waals surface area (Å²) in [6, 6.07) is 7.56. The molecular weight excluding hydrogens is 254 g/mol. The van der Waals surface area contributed by atoms with Crippen molar-refractivity contribution in [1.82, 2.24) is 4.90 Å². The average molecular weight is 265 g/mol. The number of hydrogen-bond acceptors (Lipinski definition) is 4. The molecule has 0 spiro atoms. The summed E-state index contributed by atoms with van der Waals surface area (Å²) in [5.74, 6) is 0.680. The monoisotopic (exact) mass is 265 g/mol. The predicted molar refractivity (Wildman–Crippen MR) is 73.9 cm³/mol. The van der Waals surface area contributed by atoms with E-state index in [2.05, 4.69) is 0 Å². The minimum Gasteiger partial charge on any atom is -0.496 e. The molecule has 2 rings (SSSR count). The molecule has 0 aliphatic carbocycles. The van der Waals surface area contributed by atoms with Crippen LogP contribution in [0.25, 0.3) is 6.08 Å². The number of thiocarbonyl (C=S) groups is 1. The third-order valence-corrected chi connectivity index (χ3v) is 3.90. The Bertz CT molecular complexity index is 511. The molecule has 0 unspecified atom stereocenters. The molecule has 1 aromatic carbocycles. The van der Waals surface area contributed by atoms with E-state index < -0.39 is 0 Å². The van der Waals surface area contributed by atoms with Crippen molar-refractivity contribution in [3.63, 3.8) is 0 Å². The van der Waals surface area contributed by atoms with Gasteiger partial charge in [-0.15, -0.1) is 0 Å². The quantitative estimate of drug-likeness (QED) is 0.607. The Morgan fingerprint density at radius 3 is 2.71 bits per heavy atom. The number of thioether (sulfide) groups is 1. The van der Waals surface area contributed by atoms with Crippen LogP contribution in [0, 0.1) is 0 Å². The molecule has 88 valence electrons. The van der Waals surface area contributed by atoms with E-state index in [0.717, 1.165) is 11.3 Å². The molecule has 0 N–H and O–H groups in total. The van der Waals surface area contributed by atoms with Gasteiger partial charge in [-0.3, -0.25) is 9.69 Å². The number of likely N-dealkylation sites (N-methyl/N-ethyl adjacent to an activating group) is 1. The molecule has 1 amide bonds. The van der Waals surface area contributed by atoms with E-state index in [9.17, 15) is 4.79 Å². The number of carbonyl (C=O) groups excluding carboxylic acids is 1. The maximum absolute atomic E-state index is 11.8. The summed E-state index contributed by atoms with van der Waals surface area (Å²) in [6.07, 6.45) is 1.81. The summed E-state index contributed by atoms with van der Waals surface area (Å²) in [4.78, 5) is 13.9. The lowest BCUT2D eigenvalue weighted by atomic mass is 10.2. The predicted octanol–water partition coefficient (Wildman–Crippen LogP) is 2.53. The lowest BCUT2D eigenvalue weighted by Crippen LogP contribution is -2.22. The van der Waals surface area contributed by atoms with Crippen LogP contribution in [0.2, 0.25) is 0 Å². The second kappa shape index (κ2) is 4.89. The summed E-state index contributed by atoms with van der Waals surface area (Å²) in [5, 5.41) is 0. The number of nitrogens with zero attached hydrogens (tertiary/aromatic N) is 1. The van der Waals surface area contributed by atoms with E-state index >= 15 is 0 Å². The van der Waals surface area contributed by atoms with Crippen LogP contribution >= 0.6 is 24.0 Å². The summed E-state index contributed by atoms with van der Waals surface area (Å²) in [6.45, 7) is 0. The van der Waals surface area contributed by atoms with E-state index in [1.54, 1.807) is 14.2 Å². The highest BCUT2D eigenvalue weighted by molar-refractivity contribution is 8.26. The first-order valence-electron chi connectivity index (χ1n) is 4.98. The highest BCUT2D eigenvalue weighted by atomic mass is 32.2. The Hall–Kier alpha value is -1.33. The summed E-state index contributed by atoms with van der Waals surface area (Å²) >= 11 is 6.38. The standard InChI is InChI=1S/C12H11NO2S2/c1-13-11(14)10(17-12(13)16)7-8-5-3-4-6-9(8)15-2/h3-7H,1-2H3/b10-7+. The van der Waals surface area contributed by atoms with Crippen molar-refractivity contribution < 1.29 is 9.53 Å². The highest BCUT2D eigenvalue weighted by Crippen LogP contribution is 2.32. The minimum absolute atomic E-state index is 0.0640. The molecular formula is C12H11NO2S2. The Kier molecular flexibility index (Phi) is 3.49. The number of rotatable bonds is 2. The Morgan fingerprint density at radius 2 is 2.12 bits per heavy atom. The topological polar surface area (TPSA) is 29.5 Å². The molecule has 1 fully saturated rings. The fraction of sp³-hybridized carbons (Fsp3) is 0.167. The lowest BCUT2D eigenvalue weighted by Gasteiger charge is -2.05. The van der Waals surface area contributed by atoms with Gasteiger partial charge in [-0.2, -0.15) is 0 Å². The van der Waals surface area contributed by atoms with Crippen molar-refractivity contribution in [2.24, 2.45) is 0 Å². The first kappa shape index (κ1) is 12.1. The van der Waals surface area contributed by atoms with Crippen LogP contribution in [0.5, 0.6) is 5.75 Å². The van der Waals surface area contributed by atoms with Crippen molar-refractivity contribution >= 4 is 40.3 Å². The number of amides is 1. The molecule has 0 atom stereocenters. The Balaban J connectivity index is 2.37. The smallest absolute Gasteiger partial charge is 0.265 e. The van der Waals surface area contributed by atoms with Crippen molar-refractivity contribution in [3.8, 4) is 5.75 Å². The van der Waals surface area contributed by atoms with E-state index in [1.165, 1.54) is 16.7 Å². The van der Waals surface area contributed by atoms with Crippen molar-refractivity contribution in [2.75, 3.05) is 14.2 Å². The third-order valence-electron chi connectivity index (χ3n) is 2.41. The number of para-hydroxylation sites is 1. The van der Waals surface area contributed by atoms with Gasteiger partial charge in [0.1, 0.15) is 10.1 Å². The van der Waals surface area contributed by atoms with E-state index in [-0.39, 0.29) is 5.91 Å². The Morgan fingerprint density at radius 1 is 1.41 bits per heavy atom. The van der Waals surface area contributed by atoms with Crippen LogP contribution in [0.15, 0.2) is 29.2 Å². The maximum Gasteiger partial charge on any atom is 0.265 e. The van der Waals surface area contributed by atoms with Gasteiger partial charge in [0.05, 0.1) is 12.0 Å². The average Bonchev–Trinajstić information content (AvgIpc) is 2.58. The van der Waals surface area contributed by atoms with Crippen LogP contribution in [-0.2, 0) is 4.79 Å². The lowest BCUT2D eigenvalue weighted by molar-refractivity contribution is -0.121. The minimum atomic E-state index is -0.0640. The molecule has 0 radical (unpaired) electrons. The second-order valence-corrected chi connectivity index (χ2v) is 5.16. The highest BCUT2D eigenvalue weighted by Gasteiger charge is 2.28. The van der Waals surface area contributed by atoms with Crippen LogP contribution in [0.1, 0.15) is 5.56 Å². The molecule has 1 heterocycles. The summed E-state index contributed by atoms with van der Waals surface area (Å²) in [5.41, 5.74) is 0.879. The molecule has 1 aliphatic rings. The van der Waals surface area contributed by atoms with Crippen molar-refractivity contribution in [2.45, 2.75) is 0 Å². The molecule has 1 aromatic rings. The van der Waals surface area contributed by atoms with Gasteiger partial charge in [0, 0.05) is 12.6 Å². The molecule has 3 nitrogen and oxygen atoms in total. The van der Waals surface area contributed by atoms with Gasteiger partial charge < -0.3 is 4.74 Å². The van der Waals surface area contributed by atoms with Crippen LogP contribution < -0.4 is 4.74 Å². The van der Waals surface area contributed by atoms with Gasteiger partial charge >= 0.3 is 0 Å². The van der Waals surface area contributed by atoms with Crippen molar-refractivity contribution in [3.05, 3.63) is 34.7 Å². The molecule has 1 aliphatic heterocycles. The molecule has 0 aromatic heterocycles. The number of ether oxygens (including phenoxy) is 1. The zero-order valence-electron chi connectivity index (χ0n) is 9.47. The second-order valence-electron chi connectivity index (χ2n) is 3.48. The van der Waals surface area contributed by atoms with Crippen LogP contribution in [0.3, 0.4) is 0 Å². The van der Waals surface area contributed by atoms with Gasteiger partial charge in [0.25, 0.3) is 5.91 Å². The van der Waals surface area contributed by atoms with Gasteiger partial charge in [-0.1, -0.05) is 42.2 Å². The normalized spacial score (nSPS) is 18.0.